The zero-order valence-corrected chi connectivity index (χ0v) is 17.6. The molecular formula is C17H26O7SSi. The summed E-state index contributed by atoms with van der Waals surface area (Å²) >= 11 is 0. The molecule has 0 N–H and O–H groups in total. The first-order valence-electron chi connectivity index (χ1n) is 8.07. The van der Waals surface area contributed by atoms with E-state index < -0.39 is 30.4 Å². The van der Waals surface area contributed by atoms with Crippen LogP contribution in [-0.2, 0) is 32.6 Å². The average Bonchev–Trinajstić information content (AvgIpc) is 2.63. The third-order valence-corrected chi connectivity index (χ3v) is 7.72. The maximum Gasteiger partial charge on any atom is 0.529 e. The van der Waals surface area contributed by atoms with Crippen LogP contribution in [0, 0.1) is 6.92 Å². The zero-order valence-electron chi connectivity index (χ0n) is 15.8. The number of aryl methyl sites for hydroxylation is 1. The number of sulfone groups is 1. The lowest BCUT2D eigenvalue weighted by atomic mass is 10.2. The molecule has 0 saturated carbocycles. The normalized spacial score (nSPS) is 12.9. The summed E-state index contributed by atoms with van der Waals surface area (Å²) in [4.78, 5) is 12.5. The van der Waals surface area contributed by atoms with E-state index in [1.807, 2.05) is 13.8 Å². The molecule has 0 radical (unpaired) electrons. The standard InChI is InChI=1S/C17H26O7SSi/c1-6-11-24-17(18)15(13-26(21-3,22-4)23-5)12-25(19,20)16-9-7-14(2)8-10-16/h7-10,13H,6,11-12H2,1-5H3. The van der Waals surface area contributed by atoms with E-state index in [9.17, 15) is 13.2 Å². The van der Waals surface area contributed by atoms with Gasteiger partial charge in [0.25, 0.3) is 0 Å². The molecule has 1 aromatic carbocycles. The second-order valence-corrected chi connectivity index (χ2v) is 10.3. The molecule has 0 heterocycles. The number of carbonyl (C=O) groups excluding carboxylic acids is 1. The third kappa shape index (κ3) is 6.03. The van der Waals surface area contributed by atoms with Crippen LogP contribution in [0.5, 0.6) is 0 Å². The Morgan fingerprint density at radius 3 is 2.08 bits per heavy atom. The molecule has 0 aliphatic carbocycles. The number of hydrogen-bond acceptors (Lipinski definition) is 7. The molecule has 0 aliphatic rings. The quantitative estimate of drug-likeness (QED) is 0.336. The van der Waals surface area contributed by atoms with Crippen LogP contribution >= 0.6 is 0 Å². The van der Waals surface area contributed by atoms with Gasteiger partial charge in [0.15, 0.2) is 9.84 Å². The molecule has 0 aromatic heterocycles. The Hall–Kier alpha value is -1.52. The predicted molar refractivity (Wildman–Crippen MR) is 99.3 cm³/mol. The monoisotopic (exact) mass is 402 g/mol. The number of esters is 1. The molecule has 1 rings (SSSR count). The molecule has 0 bridgehead atoms. The van der Waals surface area contributed by atoms with Crippen LogP contribution in [0.4, 0.5) is 0 Å². The van der Waals surface area contributed by atoms with Gasteiger partial charge in [-0.2, -0.15) is 0 Å². The largest absolute Gasteiger partial charge is 0.529 e. The van der Waals surface area contributed by atoms with E-state index in [0.717, 1.165) is 5.56 Å². The summed E-state index contributed by atoms with van der Waals surface area (Å²) in [6, 6.07) is 6.41. The second kappa shape index (κ2) is 9.98. The minimum atomic E-state index is -3.76. The lowest BCUT2D eigenvalue weighted by molar-refractivity contribution is -0.138. The van der Waals surface area contributed by atoms with Gasteiger partial charge in [-0.3, -0.25) is 0 Å². The van der Waals surface area contributed by atoms with E-state index in [-0.39, 0.29) is 17.1 Å². The van der Waals surface area contributed by atoms with Gasteiger partial charge in [0.2, 0.25) is 0 Å². The lowest BCUT2D eigenvalue weighted by Gasteiger charge is -2.22. The van der Waals surface area contributed by atoms with Crippen molar-refractivity contribution in [3.05, 3.63) is 41.1 Å². The maximum absolute atomic E-state index is 12.7. The molecule has 0 spiro atoms. The van der Waals surface area contributed by atoms with E-state index in [2.05, 4.69) is 0 Å². The first-order chi connectivity index (χ1) is 12.2. The van der Waals surface area contributed by atoms with Crippen molar-refractivity contribution in [1.82, 2.24) is 0 Å². The summed E-state index contributed by atoms with van der Waals surface area (Å²) in [5, 5.41) is 0. The third-order valence-electron chi connectivity index (χ3n) is 3.63. The van der Waals surface area contributed by atoms with Crippen LogP contribution in [-0.4, -0.2) is 56.9 Å². The predicted octanol–water partition coefficient (Wildman–Crippen LogP) is 2.07. The summed E-state index contributed by atoms with van der Waals surface area (Å²) in [6.07, 6.45) is 0.616. The van der Waals surface area contributed by atoms with Gasteiger partial charge in [0.1, 0.15) is 0 Å². The minimum Gasteiger partial charge on any atom is -0.462 e. The maximum atomic E-state index is 12.7. The number of ether oxygens (including phenoxy) is 1. The van der Waals surface area contributed by atoms with Gasteiger partial charge >= 0.3 is 14.8 Å². The Bertz CT molecular complexity index is 714. The highest BCUT2D eigenvalue weighted by Gasteiger charge is 2.38. The van der Waals surface area contributed by atoms with Gasteiger partial charge in [0.05, 0.1) is 22.8 Å². The van der Waals surface area contributed by atoms with Gasteiger partial charge in [-0.25, -0.2) is 13.2 Å². The zero-order chi connectivity index (χ0) is 19.8. The van der Waals surface area contributed by atoms with Crippen LogP contribution in [0.2, 0.25) is 0 Å². The van der Waals surface area contributed by atoms with Crippen molar-refractivity contribution < 1.29 is 31.2 Å². The van der Waals surface area contributed by atoms with Gasteiger partial charge in [0, 0.05) is 21.3 Å². The molecule has 0 unspecified atom stereocenters. The van der Waals surface area contributed by atoms with E-state index >= 15 is 0 Å². The lowest BCUT2D eigenvalue weighted by Crippen LogP contribution is -2.42. The van der Waals surface area contributed by atoms with Crippen molar-refractivity contribution in [2.45, 2.75) is 25.2 Å². The first kappa shape index (κ1) is 22.5. The molecule has 7 nitrogen and oxygen atoms in total. The van der Waals surface area contributed by atoms with E-state index in [4.69, 9.17) is 18.0 Å². The van der Waals surface area contributed by atoms with Crippen LogP contribution in [0.1, 0.15) is 18.9 Å². The van der Waals surface area contributed by atoms with Crippen molar-refractivity contribution in [2.24, 2.45) is 0 Å². The molecular weight excluding hydrogens is 376 g/mol. The fraction of sp³-hybridized carbons (Fsp3) is 0.471. The fourth-order valence-electron chi connectivity index (χ4n) is 2.12. The van der Waals surface area contributed by atoms with Gasteiger partial charge in [-0.05, 0) is 31.2 Å². The summed E-state index contributed by atoms with van der Waals surface area (Å²) in [7, 11) is -2.95. The SMILES string of the molecule is CCCOC(=O)C(=C[Si](OC)(OC)OC)CS(=O)(=O)c1ccc(C)cc1. The number of carbonyl (C=O) groups is 1. The summed E-state index contributed by atoms with van der Waals surface area (Å²) in [5.74, 6) is -1.27. The van der Waals surface area contributed by atoms with Crippen molar-refractivity contribution >= 4 is 24.6 Å². The van der Waals surface area contributed by atoms with E-state index in [1.54, 1.807) is 12.1 Å². The minimum absolute atomic E-state index is 0.0729. The second-order valence-electron chi connectivity index (χ2n) is 5.59. The van der Waals surface area contributed by atoms with Crippen LogP contribution in [0.3, 0.4) is 0 Å². The number of rotatable bonds is 10. The molecule has 26 heavy (non-hydrogen) atoms. The summed E-state index contributed by atoms with van der Waals surface area (Å²) in [6.45, 7) is 3.89. The molecule has 9 heteroatoms. The topological polar surface area (TPSA) is 88.1 Å². The van der Waals surface area contributed by atoms with Crippen LogP contribution in [0.15, 0.2) is 40.4 Å². The molecule has 1 aromatic rings. The van der Waals surface area contributed by atoms with E-state index in [0.29, 0.717) is 6.42 Å². The highest BCUT2D eigenvalue weighted by atomic mass is 32.2. The Morgan fingerprint density at radius 2 is 1.62 bits per heavy atom. The summed E-state index contributed by atoms with van der Waals surface area (Å²) < 4.78 is 46.4. The van der Waals surface area contributed by atoms with Crippen molar-refractivity contribution in [3.8, 4) is 0 Å². The van der Waals surface area contributed by atoms with E-state index in [1.165, 1.54) is 39.2 Å². The molecule has 0 atom stereocenters. The Morgan fingerprint density at radius 1 is 1.08 bits per heavy atom. The highest BCUT2D eigenvalue weighted by Crippen LogP contribution is 2.19. The highest BCUT2D eigenvalue weighted by molar-refractivity contribution is 7.91. The fourth-order valence-corrected chi connectivity index (χ4v) is 5.10. The molecule has 0 fully saturated rings. The molecule has 0 saturated heterocycles. The molecule has 0 amide bonds. The Balaban J connectivity index is 3.28. The van der Waals surface area contributed by atoms with Crippen LogP contribution in [0.25, 0.3) is 0 Å². The van der Waals surface area contributed by atoms with Crippen molar-refractivity contribution in [1.29, 1.82) is 0 Å². The molecule has 0 aliphatic heterocycles. The average molecular weight is 403 g/mol. The van der Waals surface area contributed by atoms with Crippen molar-refractivity contribution in [2.75, 3.05) is 33.7 Å². The Kier molecular flexibility index (Phi) is 8.64. The summed E-state index contributed by atoms with van der Waals surface area (Å²) in [5.41, 5.74) is 2.18. The number of hydrogen-bond donors (Lipinski definition) is 0. The van der Waals surface area contributed by atoms with Gasteiger partial charge in [-0.1, -0.05) is 24.6 Å². The van der Waals surface area contributed by atoms with Gasteiger partial charge in [-0.15, -0.1) is 0 Å². The molecule has 146 valence electrons. The first-order valence-corrected chi connectivity index (χ1v) is 11.5. The van der Waals surface area contributed by atoms with Crippen LogP contribution < -0.4 is 0 Å². The number of benzene rings is 1. The Labute approximate surface area is 156 Å². The smallest absolute Gasteiger partial charge is 0.462 e. The van der Waals surface area contributed by atoms with Gasteiger partial charge < -0.3 is 18.0 Å². The van der Waals surface area contributed by atoms with Crippen molar-refractivity contribution in [3.63, 3.8) is 0 Å².